The summed E-state index contributed by atoms with van der Waals surface area (Å²) in [7, 11) is -4.08. The van der Waals surface area contributed by atoms with E-state index in [0.717, 1.165) is 24.3 Å². The van der Waals surface area contributed by atoms with Gasteiger partial charge < -0.3 is 14.7 Å². The highest BCUT2D eigenvalue weighted by atomic mass is 32.2. The lowest BCUT2D eigenvalue weighted by atomic mass is 9.96. The molecule has 3 rings (SSSR count). The number of ether oxygens (including phenoxy) is 1. The lowest BCUT2D eigenvalue weighted by Gasteiger charge is -2.21. The predicted molar refractivity (Wildman–Crippen MR) is 130 cm³/mol. The number of carbonyl (C=O) groups is 2. The van der Waals surface area contributed by atoms with Gasteiger partial charge >= 0.3 is 11.9 Å². The molecule has 1 atom stereocenters. The average Bonchev–Trinajstić information content (AvgIpc) is 3.30. The van der Waals surface area contributed by atoms with Crippen LogP contribution in [0.1, 0.15) is 57.1 Å². The number of hydrogen-bond donors (Lipinski definition) is 2. The van der Waals surface area contributed by atoms with Crippen molar-refractivity contribution >= 4 is 27.6 Å². The lowest BCUT2D eigenvalue weighted by Crippen LogP contribution is -2.49. The minimum atomic E-state index is -4.08. The van der Waals surface area contributed by atoms with Gasteiger partial charge in [0.2, 0.25) is 10.0 Å². The first-order valence-electron chi connectivity index (χ1n) is 11.4. The van der Waals surface area contributed by atoms with Gasteiger partial charge in [-0.3, -0.25) is 9.59 Å². The van der Waals surface area contributed by atoms with Crippen LogP contribution in [0.5, 0.6) is 5.75 Å². The number of aryl methyl sites for hydroxylation is 1. The molecule has 8 nitrogen and oxygen atoms in total. The molecular weight excluding hydrogens is 456 g/mol. The zero-order chi connectivity index (χ0) is 25.1. The quantitative estimate of drug-likeness (QED) is 0.407. The highest BCUT2D eigenvalue weighted by molar-refractivity contribution is 7.89. The summed E-state index contributed by atoms with van der Waals surface area (Å²) < 4.78 is 33.0. The number of rotatable bonds is 9. The van der Waals surface area contributed by atoms with Crippen molar-refractivity contribution in [3.8, 4) is 5.75 Å². The van der Waals surface area contributed by atoms with Crippen molar-refractivity contribution in [2.24, 2.45) is 0 Å². The third-order valence-corrected chi connectivity index (χ3v) is 7.70. The number of carbonyl (C=O) groups excluding carboxylic acids is 1. The molecule has 184 valence electrons. The fourth-order valence-corrected chi connectivity index (χ4v) is 5.41. The van der Waals surface area contributed by atoms with E-state index in [-0.39, 0.29) is 10.6 Å². The summed E-state index contributed by atoms with van der Waals surface area (Å²) in [6.07, 6.45) is 2.94. The molecule has 9 heteroatoms. The van der Waals surface area contributed by atoms with E-state index in [9.17, 15) is 23.1 Å². The molecule has 2 N–H and O–H groups in total. The maximum Gasteiger partial charge on any atom is 0.324 e. The topological polar surface area (TPSA) is 113 Å². The van der Waals surface area contributed by atoms with Gasteiger partial charge in [-0.2, -0.15) is 4.72 Å². The van der Waals surface area contributed by atoms with Crippen molar-refractivity contribution in [3.05, 3.63) is 53.6 Å². The summed E-state index contributed by atoms with van der Waals surface area (Å²) in [4.78, 5) is 26.5. The number of hydrogen-bond acceptors (Lipinski definition) is 6. The Labute approximate surface area is 201 Å². The molecule has 0 saturated carbocycles. The second kappa shape index (κ2) is 10.1. The number of nitrogens with zero attached hydrogens (tertiary/aromatic N) is 1. The summed E-state index contributed by atoms with van der Waals surface area (Å²) >= 11 is 0. The van der Waals surface area contributed by atoms with Gasteiger partial charge in [0, 0.05) is 18.8 Å². The third-order valence-electron chi connectivity index (χ3n) is 6.05. The Morgan fingerprint density at radius 1 is 1.12 bits per heavy atom. The first kappa shape index (κ1) is 25.7. The number of anilines is 1. The standard InChI is InChI=1S/C25H32N2O6S/c1-5-21(18-8-10-19(11-9-18)27-14-6-7-15-27)23(28)33-22-13-12-20(16-17(22)2)34(31,32)26-25(3,4)24(29)30/h8-13,16,21,26H,5-7,14-15H2,1-4H3,(H,29,30). The molecule has 0 radical (unpaired) electrons. The molecule has 1 unspecified atom stereocenters. The fraction of sp³-hybridized carbons (Fsp3) is 0.440. The Bertz CT molecular complexity index is 1150. The minimum absolute atomic E-state index is 0.108. The second-order valence-corrected chi connectivity index (χ2v) is 10.8. The summed E-state index contributed by atoms with van der Waals surface area (Å²) in [6.45, 7) is 8.17. The van der Waals surface area contributed by atoms with Gasteiger partial charge in [-0.25, -0.2) is 8.42 Å². The average molecular weight is 489 g/mol. The zero-order valence-corrected chi connectivity index (χ0v) is 20.8. The van der Waals surface area contributed by atoms with Crippen LogP contribution in [0.2, 0.25) is 0 Å². The SMILES string of the molecule is CCC(C(=O)Oc1ccc(S(=O)(=O)NC(C)(C)C(=O)O)cc1C)c1ccc(N2CCCC2)cc1. The Morgan fingerprint density at radius 2 is 1.74 bits per heavy atom. The van der Waals surface area contributed by atoms with Crippen LogP contribution in [0, 0.1) is 6.92 Å². The van der Waals surface area contributed by atoms with Crippen LogP contribution in [0.4, 0.5) is 5.69 Å². The number of sulfonamides is 1. The molecule has 1 aliphatic heterocycles. The molecule has 34 heavy (non-hydrogen) atoms. The van der Waals surface area contributed by atoms with Gasteiger partial charge in [0.05, 0.1) is 10.8 Å². The van der Waals surface area contributed by atoms with Gasteiger partial charge in [0.15, 0.2) is 0 Å². The smallest absolute Gasteiger partial charge is 0.324 e. The van der Waals surface area contributed by atoms with Crippen molar-refractivity contribution in [1.29, 1.82) is 0 Å². The van der Waals surface area contributed by atoms with Crippen LogP contribution in [-0.2, 0) is 19.6 Å². The number of aliphatic carboxylic acids is 1. The second-order valence-electron chi connectivity index (χ2n) is 9.13. The van der Waals surface area contributed by atoms with E-state index < -0.39 is 33.4 Å². The molecule has 0 aromatic heterocycles. The maximum atomic E-state index is 13.0. The van der Waals surface area contributed by atoms with Crippen LogP contribution in [-0.4, -0.2) is 44.1 Å². The minimum Gasteiger partial charge on any atom is -0.480 e. The summed E-state index contributed by atoms with van der Waals surface area (Å²) in [5.41, 5.74) is 0.795. The third kappa shape index (κ3) is 5.77. The first-order valence-corrected chi connectivity index (χ1v) is 12.9. The largest absolute Gasteiger partial charge is 0.480 e. The Hall–Kier alpha value is -2.91. The molecule has 2 aromatic carbocycles. The number of benzene rings is 2. The van der Waals surface area contributed by atoms with E-state index >= 15 is 0 Å². The molecule has 2 aromatic rings. The van der Waals surface area contributed by atoms with Gasteiger partial charge in [-0.1, -0.05) is 19.1 Å². The van der Waals surface area contributed by atoms with Crippen molar-refractivity contribution in [2.45, 2.75) is 63.3 Å². The molecule has 0 amide bonds. The van der Waals surface area contributed by atoms with Gasteiger partial charge in [0.1, 0.15) is 11.3 Å². The van der Waals surface area contributed by atoms with Crippen LogP contribution < -0.4 is 14.4 Å². The van der Waals surface area contributed by atoms with Gasteiger partial charge in [-0.15, -0.1) is 0 Å². The van der Waals surface area contributed by atoms with Crippen molar-refractivity contribution in [3.63, 3.8) is 0 Å². The lowest BCUT2D eigenvalue weighted by molar-refractivity contribution is -0.142. The first-order chi connectivity index (χ1) is 15.9. The predicted octanol–water partition coefficient (Wildman–Crippen LogP) is 3.84. The van der Waals surface area contributed by atoms with Crippen LogP contribution in [0.25, 0.3) is 0 Å². The Kier molecular flexibility index (Phi) is 7.67. The summed E-state index contributed by atoms with van der Waals surface area (Å²) in [6, 6.07) is 12.1. The van der Waals surface area contributed by atoms with E-state index in [0.29, 0.717) is 12.0 Å². The van der Waals surface area contributed by atoms with Crippen molar-refractivity contribution in [2.75, 3.05) is 18.0 Å². The molecule has 1 saturated heterocycles. The van der Waals surface area contributed by atoms with Gasteiger partial charge in [0.25, 0.3) is 0 Å². The zero-order valence-electron chi connectivity index (χ0n) is 20.0. The van der Waals surface area contributed by atoms with E-state index in [1.54, 1.807) is 6.92 Å². The van der Waals surface area contributed by atoms with E-state index in [4.69, 9.17) is 4.74 Å². The Morgan fingerprint density at radius 3 is 2.26 bits per heavy atom. The molecular formula is C25H32N2O6S. The highest BCUT2D eigenvalue weighted by Crippen LogP contribution is 2.29. The molecule has 1 aliphatic rings. The summed E-state index contributed by atoms with van der Waals surface area (Å²) in [5, 5.41) is 9.20. The Balaban J connectivity index is 1.74. The molecule has 0 spiro atoms. The number of nitrogens with one attached hydrogen (secondary N) is 1. The number of esters is 1. The van der Waals surface area contributed by atoms with Crippen LogP contribution in [0.15, 0.2) is 47.4 Å². The monoisotopic (exact) mass is 488 g/mol. The van der Waals surface area contributed by atoms with E-state index in [1.807, 2.05) is 31.2 Å². The molecule has 1 heterocycles. The van der Waals surface area contributed by atoms with Crippen LogP contribution >= 0.6 is 0 Å². The molecule has 1 fully saturated rings. The van der Waals surface area contributed by atoms with E-state index in [1.165, 1.54) is 44.9 Å². The van der Waals surface area contributed by atoms with Gasteiger partial charge in [-0.05, 0) is 81.5 Å². The molecule has 0 aliphatic carbocycles. The maximum absolute atomic E-state index is 13.0. The molecule has 0 bridgehead atoms. The highest BCUT2D eigenvalue weighted by Gasteiger charge is 2.33. The van der Waals surface area contributed by atoms with Crippen molar-refractivity contribution < 1.29 is 27.9 Å². The van der Waals surface area contributed by atoms with E-state index in [2.05, 4.69) is 9.62 Å². The normalized spacial score (nSPS) is 15.2. The number of carboxylic acid groups (broad SMARTS) is 1. The summed E-state index contributed by atoms with van der Waals surface area (Å²) in [5.74, 6) is -1.90. The van der Waals surface area contributed by atoms with Crippen LogP contribution in [0.3, 0.4) is 0 Å². The fourth-order valence-electron chi connectivity index (χ4n) is 3.95. The van der Waals surface area contributed by atoms with Crippen molar-refractivity contribution in [1.82, 2.24) is 4.72 Å². The number of carboxylic acids is 1.